The fourth-order valence-electron chi connectivity index (χ4n) is 3.36. The summed E-state index contributed by atoms with van der Waals surface area (Å²) in [4.78, 5) is 10.6. The van der Waals surface area contributed by atoms with Crippen LogP contribution in [0.2, 0.25) is 0 Å². The van der Waals surface area contributed by atoms with Crippen molar-refractivity contribution in [3.63, 3.8) is 0 Å². The van der Waals surface area contributed by atoms with Gasteiger partial charge in [0.2, 0.25) is 0 Å². The minimum atomic E-state index is -0.322. The first kappa shape index (κ1) is 10.6. The quantitative estimate of drug-likeness (QED) is 0.558. The lowest BCUT2D eigenvalue weighted by molar-refractivity contribution is -0.431. The standard InChI is InChI=1S/C13H16N2O2/c1-8-5-9-3-2-4-10-6-12(15(16)17)14-7-11(8)13(9)10/h4,6,8-9,14H,2-3,5,7H2,1H3. The minimum absolute atomic E-state index is 0.138. The fraction of sp³-hybridized carbons (Fsp3) is 0.538. The van der Waals surface area contributed by atoms with Gasteiger partial charge in [0, 0.05) is 6.08 Å². The normalized spacial score (nSPS) is 31.1. The summed E-state index contributed by atoms with van der Waals surface area (Å²) in [5.74, 6) is 1.33. The second-order valence-electron chi connectivity index (χ2n) is 5.15. The third-order valence-electron chi connectivity index (χ3n) is 4.13. The molecule has 0 spiro atoms. The van der Waals surface area contributed by atoms with E-state index in [-0.39, 0.29) is 10.7 Å². The summed E-state index contributed by atoms with van der Waals surface area (Å²) in [6.07, 6.45) is 7.33. The van der Waals surface area contributed by atoms with E-state index in [1.807, 2.05) is 0 Å². The Morgan fingerprint density at radius 2 is 2.35 bits per heavy atom. The highest BCUT2D eigenvalue weighted by Gasteiger charge is 2.36. The van der Waals surface area contributed by atoms with Gasteiger partial charge in [-0.25, -0.2) is 0 Å². The molecule has 0 saturated heterocycles. The predicted octanol–water partition coefficient (Wildman–Crippen LogP) is 2.38. The van der Waals surface area contributed by atoms with Crippen molar-refractivity contribution in [3.8, 4) is 0 Å². The minimum Gasteiger partial charge on any atom is -0.358 e. The molecule has 2 atom stereocenters. The van der Waals surface area contributed by atoms with E-state index >= 15 is 0 Å². The van der Waals surface area contributed by atoms with Crippen molar-refractivity contribution in [2.45, 2.75) is 26.2 Å². The number of allylic oxidation sites excluding steroid dienone is 4. The number of nitro groups is 1. The topological polar surface area (TPSA) is 55.2 Å². The lowest BCUT2D eigenvalue weighted by Crippen LogP contribution is -2.22. The third-order valence-corrected chi connectivity index (χ3v) is 4.13. The Morgan fingerprint density at radius 3 is 3.12 bits per heavy atom. The highest BCUT2D eigenvalue weighted by atomic mass is 16.6. The predicted molar refractivity (Wildman–Crippen MR) is 64.7 cm³/mol. The van der Waals surface area contributed by atoms with Crippen LogP contribution in [0.1, 0.15) is 26.2 Å². The molecule has 1 heterocycles. The largest absolute Gasteiger partial charge is 0.358 e. The smallest absolute Gasteiger partial charge is 0.317 e. The number of rotatable bonds is 1. The zero-order valence-corrected chi connectivity index (χ0v) is 9.90. The van der Waals surface area contributed by atoms with E-state index < -0.39 is 0 Å². The molecule has 3 aliphatic rings. The Balaban J connectivity index is 2.07. The molecule has 4 heteroatoms. The molecule has 0 aromatic rings. The molecule has 90 valence electrons. The zero-order valence-electron chi connectivity index (χ0n) is 9.90. The SMILES string of the molecule is CC1CC2CCC=C3C=C([N+](=O)[O-])NCC1=C32. The van der Waals surface area contributed by atoms with Crippen LogP contribution in [0.25, 0.3) is 0 Å². The van der Waals surface area contributed by atoms with Crippen molar-refractivity contribution in [1.29, 1.82) is 0 Å². The zero-order chi connectivity index (χ0) is 12.0. The molecule has 0 bridgehead atoms. The molecule has 2 unspecified atom stereocenters. The molecule has 0 saturated carbocycles. The Kier molecular flexibility index (Phi) is 2.31. The van der Waals surface area contributed by atoms with Gasteiger partial charge in [0.05, 0.1) is 0 Å². The summed E-state index contributed by atoms with van der Waals surface area (Å²) in [6.45, 7) is 2.87. The molecule has 0 aromatic carbocycles. The first-order valence-corrected chi connectivity index (χ1v) is 6.20. The molecular formula is C13H16N2O2. The summed E-state index contributed by atoms with van der Waals surface area (Å²) in [5, 5.41) is 13.9. The van der Waals surface area contributed by atoms with Crippen LogP contribution < -0.4 is 5.32 Å². The maximum absolute atomic E-state index is 10.9. The fourth-order valence-corrected chi connectivity index (χ4v) is 3.36. The van der Waals surface area contributed by atoms with Gasteiger partial charge in [0.25, 0.3) is 0 Å². The van der Waals surface area contributed by atoms with Crippen LogP contribution in [0.3, 0.4) is 0 Å². The van der Waals surface area contributed by atoms with Gasteiger partial charge in [0.15, 0.2) is 0 Å². The van der Waals surface area contributed by atoms with Gasteiger partial charge in [-0.3, -0.25) is 5.32 Å². The second kappa shape index (κ2) is 3.72. The summed E-state index contributed by atoms with van der Waals surface area (Å²) >= 11 is 0. The first-order chi connectivity index (χ1) is 8.16. The summed E-state index contributed by atoms with van der Waals surface area (Å²) in [5.41, 5.74) is 3.87. The van der Waals surface area contributed by atoms with Gasteiger partial charge < -0.3 is 10.1 Å². The Hall–Kier alpha value is -1.58. The summed E-state index contributed by atoms with van der Waals surface area (Å²) in [7, 11) is 0. The van der Waals surface area contributed by atoms with Crippen molar-refractivity contribution in [3.05, 3.63) is 44.8 Å². The number of nitrogens with one attached hydrogen (secondary N) is 1. The van der Waals surface area contributed by atoms with Crippen molar-refractivity contribution < 1.29 is 4.92 Å². The lowest BCUT2D eigenvalue weighted by Gasteiger charge is -2.20. The van der Waals surface area contributed by atoms with Crippen LogP contribution in [0.4, 0.5) is 0 Å². The number of hydrogen-bond donors (Lipinski definition) is 1. The van der Waals surface area contributed by atoms with Crippen molar-refractivity contribution in [2.24, 2.45) is 11.8 Å². The third kappa shape index (κ3) is 1.59. The van der Waals surface area contributed by atoms with Crippen molar-refractivity contribution in [1.82, 2.24) is 5.32 Å². The molecule has 0 radical (unpaired) electrons. The highest BCUT2D eigenvalue weighted by molar-refractivity contribution is 5.51. The van der Waals surface area contributed by atoms with E-state index in [9.17, 15) is 10.1 Å². The first-order valence-electron chi connectivity index (χ1n) is 6.20. The van der Waals surface area contributed by atoms with Crippen molar-refractivity contribution >= 4 is 0 Å². The van der Waals surface area contributed by atoms with E-state index in [1.54, 1.807) is 6.08 Å². The molecule has 0 aromatic heterocycles. The van der Waals surface area contributed by atoms with E-state index in [4.69, 9.17) is 0 Å². The van der Waals surface area contributed by atoms with E-state index in [2.05, 4.69) is 18.3 Å². The monoisotopic (exact) mass is 232 g/mol. The van der Waals surface area contributed by atoms with Gasteiger partial charge in [-0.2, -0.15) is 0 Å². The molecular weight excluding hydrogens is 216 g/mol. The lowest BCUT2D eigenvalue weighted by atomic mass is 9.84. The number of nitrogens with zero attached hydrogens (tertiary/aromatic N) is 1. The molecule has 1 aliphatic heterocycles. The van der Waals surface area contributed by atoms with Gasteiger partial charge in [-0.05, 0) is 52.7 Å². The van der Waals surface area contributed by atoms with E-state index in [0.29, 0.717) is 18.4 Å². The highest BCUT2D eigenvalue weighted by Crippen LogP contribution is 2.46. The van der Waals surface area contributed by atoms with E-state index in [1.165, 1.54) is 24.0 Å². The number of hydrogen-bond acceptors (Lipinski definition) is 3. The summed E-state index contributed by atoms with van der Waals surface area (Å²) in [6, 6.07) is 0. The van der Waals surface area contributed by atoms with Crippen LogP contribution in [-0.2, 0) is 0 Å². The van der Waals surface area contributed by atoms with Gasteiger partial charge in [0.1, 0.15) is 6.54 Å². The molecule has 1 N–H and O–H groups in total. The van der Waals surface area contributed by atoms with Crippen LogP contribution in [0.5, 0.6) is 0 Å². The van der Waals surface area contributed by atoms with Crippen LogP contribution in [-0.4, -0.2) is 11.5 Å². The molecule has 3 rings (SSSR count). The molecule has 4 nitrogen and oxygen atoms in total. The second-order valence-corrected chi connectivity index (χ2v) is 5.15. The van der Waals surface area contributed by atoms with E-state index in [0.717, 1.165) is 12.0 Å². The average molecular weight is 232 g/mol. The molecule has 2 aliphatic carbocycles. The Morgan fingerprint density at radius 1 is 1.53 bits per heavy atom. The Bertz CT molecular complexity index is 474. The van der Waals surface area contributed by atoms with Gasteiger partial charge in [-0.15, -0.1) is 0 Å². The van der Waals surface area contributed by atoms with Gasteiger partial charge >= 0.3 is 5.82 Å². The summed E-state index contributed by atoms with van der Waals surface area (Å²) < 4.78 is 0. The molecule has 0 fully saturated rings. The van der Waals surface area contributed by atoms with Gasteiger partial charge in [-0.1, -0.05) is 13.0 Å². The maximum Gasteiger partial charge on any atom is 0.317 e. The average Bonchev–Trinajstić information content (AvgIpc) is 2.50. The molecule has 17 heavy (non-hydrogen) atoms. The Labute approximate surface area is 100 Å². The maximum atomic E-state index is 10.9. The van der Waals surface area contributed by atoms with Crippen LogP contribution in [0, 0.1) is 22.0 Å². The van der Waals surface area contributed by atoms with Crippen molar-refractivity contribution in [2.75, 3.05) is 6.54 Å². The van der Waals surface area contributed by atoms with Crippen LogP contribution >= 0.6 is 0 Å². The van der Waals surface area contributed by atoms with Crippen LogP contribution in [0.15, 0.2) is 34.7 Å². The molecule has 0 amide bonds.